The van der Waals surface area contributed by atoms with Crippen LogP contribution < -0.4 is 0 Å². The molecule has 2 aromatic rings. The summed E-state index contributed by atoms with van der Waals surface area (Å²) >= 11 is 13.2. The average Bonchev–Trinajstić information content (AvgIpc) is 3.03. The normalized spacial score (nSPS) is 20.4. The predicted octanol–water partition coefficient (Wildman–Crippen LogP) is 3.67. The number of halogens is 2. The highest BCUT2D eigenvalue weighted by Gasteiger charge is 2.36. The van der Waals surface area contributed by atoms with Crippen molar-refractivity contribution in [3.8, 4) is 0 Å². The lowest BCUT2D eigenvalue weighted by atomic mass is 10.2. The summed E-state index contributed by atoms with van der Waals surface area (Å²) in [7, 11) is -3.24. The molecule has 1 fully saturated rings. The van der Waals surface area contributed by atoms with Crippen molar-refractivity contribution >= 4 is 50.3 Å². The van der Waals surface area contributed by atoms with Crippen molar-refractivity contribution in [1.82, 2.24) is 4.90 Å². The number of nitrogens with zero attached hydrogens (tertiary/aromatic N) is 1. The zero-order chi connectivity index (χ0) is 16.6. The third kappa shape index (κ3) is 3.40. The Kier molecular flexibility index (Phi) is 4.69. The molecule has 1 saturated heterocycles. The molecule has 0 spiro atoms. The Morgan fingerprint density at radius 1 is 1.22 bits per heavy atom. The first-order chi connectivity index (χ1) is 10.9. The van der Waals surface area contributed by atoms with Gasteiger partial charge >= 0.3 is 0 Å². The smallest absolute Gasteiger partial charge is 0.253 e. The number of hydrogen-bond acceptors (Lipinski definition) is 4. The van der Waals surface area contributed by atoms with Crippen molar-refractivity contribution in [3.05, 3.63) is 56.2 Å². The van der Waals surface area contributed by atoms with Gasteiger partial charge in [-0.25, -0.2) is 8.42 Å². The fraction of sp³-hybridized carbons (Fsp3) is 0.267. The Morgan fingerprint density at radius 2 is 2.00 bits per heavy atom. The van der Waals surface area contributed by atoms with E-state index in [1.54, 1.807) is 23.1 Å². The van der Waals surface area contributed by atoms with E-state index in [0.29, 0.717) is 15.6 Å². The molecule has 0 aliphatic carbocycles. The first-order valence-electron chi connectivity index (χ1n) is 6.88. The molecule has 0 saturated carbocycles. The van der Waals surface area contributed by atoms with E-state index in [4.69, 9.17) is 23.2 Å². The van der Waals surface area contributed by atoms with Crippen molar-refractivity contribution in [1.29, 1.82) is 0 Å². The molecule has 23 heavy (non-hydrogen) atoms. The Balaban J connectivity index is 1.86. The zero-order valence-electron chi connectivity index (χ0n) is 11.9. The topological polar surface area (TPSA) is 54.5 Å². The molecule has 1 atom stereocenters. The maximum absolute atomic E-state index is 12.6. The average molecular weight is 390 g/mol. The van der Waals surface area contributed by atoms with Crippen molar-refractivity contribution in [2.45, 2.75) is 5.25 Å². The molecule has 122 valence electrons. The van der Waals surface area contributed by atoms with Crippen molar-refractivity contribution < 1.29 is 13.2 Å². The van der Waals surface area contributed by atoms with Gasteiger partial charge in [-0.05, 0) is 29.6 Å². The van der Waals surface area contributed by atoms with Gasteiger partial charge in [0.25, 0.3) is 5.91 Å². The highest BCUT2D eigenvalue weighted by molar-refractivity contribution is 7.91. The van der Waals surface area contributed by atoms with E-state index in [0.717, 1.165) is 4.88 Å². The van der Waals surface area contributed by atoms with Crippen LogP contribution in [0, 0.1) is 0 Å². The highest BCUT2D eigenvalue weighted by atomic mass is 35.5. The summed E-state index contributed by atoms with van der Waals surface area (Å²) in [6, 6.07) is 8.28. The third-order valence-electron chi connectivity index (χ3n) is 3.78. The number of benzene rings is 1. The summed E-state index contributed by atoms with van der Waals surface area (Å²) in [5.74, 6) is -0.275. The maximum atomic E-state index is 12.6. The van der Waals surface area contributed by atoms with Gasteiger partial charge < -0.3 is 4.90 Å². The molecular formula is C15H13Cl2NO3S2. The predicted molar refractivity (Wildman–Crippen MR) is 93.2 cm³/mol. The second-order valence-corrected chi connectivity index (χ2v) is 9.35. The fourth-order valence-corrected chi connectivity index (χ4v) is 5.72. The molecule has 2 heterocycles. The van der Waals surface area contributed by atoms with Gasteiger partial charge in [0.1, 0.15) is 5.25 Å². The van der Waals surface area contributed by atoms with Gasteiger partial charge in [0.2, 0.25) is 0 Å². The van der Waals surface area contributed by atoms with Crippen LogP contribution in [0.2, 0.25) is 10.0 Å². The number of amides is 1. The van der Waals surface area contributed by atoms with Crippen LogP contribution in [0.3, 0.4) is 0 Å². The van der Waals surface area contributed by atoms with Crippen LogP contribution in [0.1, 0.15) is 20.5 Å². The molecule has 0 unspecified atom stereocenters. The lowest BCUT2D eigenvalue weighted by Crippen LogP contribution is -2.45. The largest absolute Gasteiger partial charge is 0.336 e. The molecular weight excluding hydrogens is 377 g/mol. The molecule has 3 rings (SSSR count). The minimum absolute atomic E-state index is 0.0391. The molecule has 1 aliphatic heterocycles. The van der Waals surface area contributed by atoms with Crippen molar-refractivity contribution in [2.75, 3.05) is 18.8 Å². The standard InChI is InChI=1S/C15H13Cl2NO3S2/c16-11-4-3-10(8-12(11)17)15(19)18-5-7-23(20,21)14(9-18)13-2-1-6-22-13/h1-4,6,8,14H,5,7,9H2/t14-/m0/s1. The molecule has 4 nitrogen and oxygen atoms in total. The number of sulfone groups is 1. The molecule has 8 heteroatoms. The first kappa shape index (κ1) is 16.8. The van der Waals surface area contributed by atoms with Gasteiger partial charge in [-0.15, -0.1) is 11.3 Å². The van der Waals surface area contributed by atoms with E-state index in [1.807, 2.05) is 11.4 Å². The lowest BCUT2D eigenvalue weighted by Gasteiger charge is -2.32. The number of rotatable bonds is 2. The Morgan fingerprint density at radius 3 is 2.65 bits per heavy atom. The van der Waals surface area contributed by atoms with Crippen LogP contribution in [0.5, 0.6) is 0 Å². The molecule has 0 bridgehead atoms. The van der Waals surface area contributed by atoms with Crippen LogP contribution >= 0.6 is 34.5 Å². The summed E-state index contributed by atoms with van der Waals surface area (Å²) in [5.41, 5.74) is 0.406. The lowest BCUT2D eigenvalue weighted by molar-refractivity contribution is 0.0759. The summed E-state index contributed by atoms with van der Waals surface area (Å²) in [5, 5.41) is 1.85. The summed E-state index contributed by atoms with van der Waals surface area (Å²) in [6.45, 7) is 0.339. The fourth-order valence-electron chi connectivity index (χ4n) is 2.52. The van der Waals surface area contributed by atoms with E-state index in [2.05, 4.69) is 0 Å². The third-order valence-corrected chi connectivity index (χ3v) is 7.68. The molecule has 1 aliphatic rings. The minimum Gasteiger partial charge on any atom is -0.336 e. The Hall–Kier alpha value is -1.08. The summed E-state index contributed by atoms with van der Waals surface area (Å²) in [6.07, 6.45) is 0. The van der Waals surface area contributed by atoms with E-state index < -0.39 is 15.1 Å². The van der Waals surface area contributed by atoms with Gasteiger partial charge in [0.15, 0.2) is 9.84 Å². The zero-order valence-corrected chi connectivity index (χ0v) is 15.1. The van der Waals surface area contributed by atoms with Crippen LogP contribution in [-0.4, -0.2) is 38.1 Å². The van der Waals surface area contributed by atoms with Crippen LogP contribution in [0.25, 0.3) is 0 Å². The molecule has 0 radical (unpaired) electrons. The monoisotopic (exact) mass is 389 g/mol. The number of hydrogen-bond donors (Lipinski definition) is 0. The SMILES string of the molecule is O=C(c1ccc(Cl)c(Cl)c1)N1CCS(=O)(=O)[C@H](c2cccs2)C1. The first-order valence-corrected chi connectivity index (χ1v) is 10.2. The van der Waals surface area contributed by atoms with Crippen LogP contribution in [-0.2, 0) is 9.84 Å². The van der Waals surface area contributed by atoms with Gasteiger partial charge in [0, 0.05) is 23.5 Å². The van der Waals surface area contributed by atoms with Crippen LogP contribution in [0.4, 0.5) is 0 Å². The van der Waals surface area contributed by atoms with Crippen molar-refractivity contribution in [2.24, 2.45) is 0 Å². The van der Waals surface area contributed by atoms with Crippen LogP contribution in [0.15, 0.2) is 35.7 Å². The number of thiophene rings is 1. The molecule has 0 N–H and O–H groups in total. The summed E-state index contributed by atoms with van der Waals surface area (Å²) < 4.78 is 24.6. The quantitative estimate of drug-likeness (QED) is 0.786. The van der Waals surface area contributed by atoms with E-state index in [-0.39, 0.29) is 24.7 Å². The highest BCUT2D eigenvalue weighted by Crippen LogP contribution is 2.32. The van der Waals surface area contributed by atoms with Gasteiger partial charge in [-0.1, -0.05) is 29.3 Å². The molecule has 1 amide bonds. The van der Waals surface area contributed by atoms with Gasteiger partial charge in [0.05, 0.1) is 15.8 Å². The van der Waals surface area contributed by atoms with Gasteiger partial charge in [-0.2, -0.15) is 0 Å². The Labute approximate surface area is 148 Å². The summed E-state index contributed by atoms with van der Waals surface area (Å²) in [4.78, 5) is 14.9. The number of carbonyl (C=O) groups is 1. The van der Waals surface area contributed by atoms with E-state index in [9.17, 15) is 13.2 Å². The second kappa shape index (κ2) is 6.43. The van der Waals surface area contributed by atoms with Gasteiger partial charge in [-0.3, -0.25) is 4.79 Å². The maximum Gasteiger partial charge on any atom is 0.253 e. The molecule has 1 aromatic carbocycles. The Bertz CT molecular complexity index is 834. The van der Waals surface area contributed by atoms with E-state index >= 15 is 0 Å². The minimum atomic E-state index is -3.24. The second-order valence-electron chi connectivity index (χ2n) is 5.25. The molecule has 1 aromatic heterocycles. The number of carbonyl (C=O) groups excluding carboxylic acids is 1. The van der Waals surface area contributed by atoms with Crippen molar-refractivity contribution in [3.63, 3.8) is 0 Å². The van der Waals surface area contributed by atoms with E-state index in [1.165, 1.54) is 17.4 Å².